The lowest BCUT2D eigenvalue weighted by Crippen LogP contribution is -2.05. The number of para-hydroxylation sites is 1. The Hall–Kier alpha value is -1.85. The quantitative estimate of drug-likeness (QED) is 0.772. The smallest absolute Gasteiger partial charge is 0.229 e. The summed E-state index contributed by atoms with van der Waals surface area (Å²) >= 11 is 6.07. The number of aromatic nitrogens is 2. The normalized spacial score (nSPS) is 13.4. The van der Waals surface area contributed by atoms with Crippen molar-refractivity contribution in [3.8, 4) is 0 Å². The fourth-order valence-electron chi connectivity index (χ4n) is 1.93. The number of nitrogens with zero attached hydrogens (tertiary/aromatic N) is 2. The topological polar surface area (TPSA) is 75.9 Å². The van der Waals surface area contributed by atoms with Crippen LogP contribution in [0.15, 0.2) is 24.3 Å². The highest BCUT2D eigenvalue weighted by Gasteiger charge is 2.17. The molecule has 0 fully saturated rings. The van der Waals surface area contributed by atoms with Crippen LogP contribution in [0.5, 0.6) is 0 Å². The van der Waals surface area contributed by atoms with Gasteiger partial charge in [0.1, 0.15) is 5.82 Å². The van der Waals surface area contributed by atoms with Gasteiger partial charge in [0.2, 0.25) is 5.95 Å². The SMILES string of the molecule is Nc1nc(Nc2ccccc2Cl)nc2c1CNC2. The van der Waals surface area contributed by atoms with Gasteiger partial charge in [0.05, 0.1) is 16.4 Å². The highest BCUT2D eigenvalue weighted by Crippen LogP contribution is 2.25. The van der Waals surface area contributed by atoms with E-state index >= 15 is 0 Å². The average molecular weight is 262 g/mol. The average Bonchev–Trinajstić information content (AvgIpc) is 2.81. The standard InChI is InChI=1S/C12H12ClN5/c13-8-3-1-2-4-9(8)16-12-17-10-6-15-5-7(10)11(14)18-12/h1-4,15H,5-6H2,(H3,14,16,17,18). The van der Waals surface area contributed by atoms with Gasteiger partial charge in [-0.15, -0.1) is 0 Å². The van der Waals surface area contributed by atoms with E-state index in [0.717, 1.165) is 30.0 Å². The van der Waals surface area contributed by atoms with Crippen molar-refractivity contribution in [3.63, 3.8) is 0 Å². The van der Waals surface area contributed by atoms with Gasteiger partial charge in [-0.3, -0.25) is 0 Å². The first kappa shape index (κ1) is 11.3. The maximum absolute atomic E-state index is 6.07. The van der Waals surface area contributed by atoms with Gasteiger partial charge in [0, 0.05) is 18.7 Å². The molecule has 0 bridgehead atoms. The van der Waals surface area contributed by atoms with Crippen molar-refractivity contribution < 1.29 is 0 Å². The van der Waals surface area contributed by atoms with Crippen LogP contribution in [0.2, 0.25) is 5.02 Å². The lowest BCUT2D eigenvalue weighted by molar-refractivity contribution is 0.758. The van der Waals surface area contributed by atoms with E-state index in [9.17, 15) is 0 Å². The Kier molecular flexibility index (Phi) is 2.77. The number of anilines is 3. The molecule has 0 amide bonds. The molecule has 1 aromatic carbocycles. The number of nitrogens with one attached hydrogen (secondary N) is 2. The van der Waals surface area contributed by atoms with Crippen LogP contribution in [-0.4, -0.2) is 9.97 Å². The fourth-order valence-corrected chi connectivity index (χ4v) is 2.12. The molecule has 0 unspecified atom stereocenters. The van der Waals surface area contributed by atoms with Crippen molar-refractivity contribution in [1.82, 2.24) is 15.3 Å². The number of fused-ring (bicyclic) bond motifs is 1. The molecule has 18 heavy (non-hydrogen) atoms. The number of benzene rings is 1. The summed E-state index contributed by atoms with van der Waals surface area (Å²) in [5, 5.41) is 6.90. The Bertz CT molecular complexity index is 599. The van der Waals surface area contributed by atoms with Gasteiger partial charge in [-0.2, -0.15) is 4.98 Å². The van der Waals surface area contributed by atoms with Gasteiger partial charge in [-0.1, -0.05) is 23.7 Å². The Morgan fingerprint density at radius 3 is 2.89 bits per heavy atom. The van der Waals surface area contributed by atoms with Crippen LogP contribution in [0.25, 0.3) is 0 Å². The molecule has 0 aliphatic carbocycles. The minimum absolute atomic E-state index is 0.475. The van der Waals surface area contributed by atoms with E-state index in [1.807, 2.05) is 24.3 Å². The second-order valence-electron chi connectivity index (χ2n) is 4.07. The summed E-state index contributed by atoms with van der Waals surface area (Å²) in [7, 11) is 0. The molecule has 1 aromatic heterocycles. The minimum atomic E-state index is 0.475. The van der Waals surface area contributed by atoms with E-state index in [1.165, 1.54) is 0 Å². The van der Waals surface area contributed by atoms with Gasteiger partial charge in [-0.25, -0.2) is 4.98 Å². The summed E-state index contributed by atoms with van der Waals surface area (Å²) in [4.78, 5) is 8.67. The zero-order valence-electron chi connectivity index (χ0n) is 9.57. The number of nitrogens with two attached hydrogens (primary N) is 1. The molecule has 6 heteroatoms. The van der Waals surface area contributed by atoms with Crippen LogP contribution in [0, 0.1) is 0 Å². The van der Waals surface area contributed by atoms with Gasteiger partial charge in [-0.05, 0) is 12.1 Å². The second kappa shape index (κ2) is 4.44. The molecule has 3 rings (SSSR count). The highest BCUT2D eigenvalue weighted by atomic mass is 35.5. The molecule has 0 saturated carbocycles. The Morgan fingerprint density at radius 1 is 1.22 bits per heavy atom. The largest absolute Gasteiger partial charge is 0.383 e. The molecule has 92 valence electrons. The molecular weight excluding hydrogens is 250 g/mol. The molecule has 1 aliphatic heterocycles. The van der Waals surface area contributed by atoms with Gasteiger partial charge >= 0.3 is 0 Å². The molecule has 0 spiro atoms. The molecule has 2 aromatic rings. The van der Waals surface area contributed by atoms with Crippen molar-refractivity contribution in [2.45, 2.75) is 13.1 Å². The summed E-state index contributed by atoms with van der Waals surface area (Å²) in [6.45, 7) is 1.45. The lowest BCUT2D eigenvalue weighted by atomic mass is 10.2. The van der Waals surface area contributed by atoms with E-state index in [2.05, 4.69) is 20.6 Å². The van der Waals surface area contributed by atoms with Crippen LogP contribution >= 0.6 is 11.6 Å². The first-order chi connectivity index (χ1) is 8.74. The summed E-state index contributed by atoms with van der Waals surface area (Å²) < 4.78 is 0. The van der Waals surface area contributed by atoms with Gasteiger partial charge in [0.15, 0.2) is 0 Å². The number of halogens is 1. The van der Waals surface area contributed by atoms with E-state index in [4.69, 9.17) is 17.3 Å². The van der Waals surface area contributed by atoms with Crippen LogP contribution in [0.3, 0.4) is 0 Å². The Morgan fingerprint density at radius 2 is 2.06 bits per heavy atom. The molecule has 5 nitrogen and oxygen atoms in total. The monoisotopic (exact) mass is 261 g/mol. The van der Waals surface area contributed by atoms with Crippen LogP contribution in [0.1, 0.15) is 11.3 Å². The van der Waals surface area contributed by atoms with Crippen LogP contribution in [0.4, 0.5) is 17.5 Å². The third-order valence-electron chi connectivity index (χ3n) is 2.84. The van der Waals surface area contributed by atoms with Crippen molar-refractivity contribution in [2.75, 3.05) is 11.1 Å². The predicted molar refractivity (Wildman–Crippen MR) is 71.7 cm³/mol. The zero-order valence-corrected chi connectivity index (χ0v) is 10.3. The van der Waals surface area contributed by atoms with E-state index < -0.39 is 0 Å². The van der Waals surface area contributed by atoms with E-state index in [1.54, 1.807) is 0 Å². The Balaban J connectivity index is 1.95. The van der Waals surface area contributed by atoms with E-state index in [-0.39, 0.29) is 0 Å². The third kappa shape index (κ3) is 1.98. The summed E-state index contributed by atoms with van der Waals surface area (Å²) in [6, 6.07) is 7.44. The maximum atomic E-state index is 6.07. The van der Waals surface area contributed by atoms with Crippen molar-refractivity contribution in [3.05, 3.63) is 40.5 Å². The first-order valence-electron chi connectivity index (χ1n) is 5.61. The summed E-state index contributed by atoms with van der Waals surface area (Å²) in [5.74, 6) is 0.989. The second-order valence-corrected chi connectivity index (χ2v) is 4.47. The lowest BCUT2D eigenvalue weighted by Gasteiger charge is -2.09. The van der Waals surface area contributed by atoms with Crippen LogP contribution < -0.4 is 16.4 Å². The molecule has 4 N–H and O–H groups in total. The van der Waals surface area contributed by atoms with E-state index in [0.29, 0.717) is 16.8 Å². The summed E-state index contributed by atoms with van der Waals surface area (Å²) in [5.41, 5.74) is 8.60. The molecule has 2 heterocycles. The predicted octanol–water partition coefficient (Wildman–Crippen LogP) is 2.06. The maximum Gasteiger partial charge on any atom is 0.229 e. The Labute approximate surface area is 109 Å². The molecule has 1 aliphatic rings. The third-order valence-corrected chi connectivity index (χ3v) is 3.17. The first-order valence-corrected chi connectivity index (χ1v) is 5.99. The molecule has 0 radical (unpaired) electrons. The fraction of sp³-hybridized carbons (Fsp3) is 0.167. The number of hydrogen-bond acceptors (Lipinski definition) is 5. The number of hydrogen-bond donors (Lipinski definition) is 3. The number of nitrogen functional groups attached to an aromatic ring is 1. The van der Waals surface area contributed by atoms with Crippen LogP contribution in [-0.2, 0) is 13.1 Å². The molecule has 0 saturated heterocycles. The highest BCUT2D eigenvalue weighted by molar-refractivity contribution is 6.33. The molecule has 0 atom stereocenters. The molecular formula is C12H12ClN5. The van der Waals surface area contributed by atoms with Crippen molar-refractivity contribution >= 4 is 29.1 Å². The zero-order chi connectivity index (χ0) is 12.5. The minimum Gasteiger partial charge on any atom is -0.383 e. The van der Waals surface area contributed by atoms with Gasteiger partial charge in [0.25, 0.3) is 0 Å². The number of rotatable bonds is 2. The van der Waals surface area contributed by atoms with Gasteiger partial charge < -0.3 is 16.4 Å². The van der Waals surface area contributed by atoms with Crippen molar-refractivity contribution in [1.29, 1.82) is 0 Å². The van der Waals surface area contributed by atoms with Crippen molar-refractivity contribution in [2.24, 2.45) is 0 Å². The summed E-state index contributed by atoms with van der Waals surface area (Å²) in [6.07, 6.45) is 0.